The van der Waals surface area contributed by atoms with Gasteiger partial charge in [-0.05, 0) is 55.8 Å². The van der Waals surface area contributed by atoms with E-state index in [1.165, 1.54) is 12.1 Å². The SMILES string of the molecule is C#Cc1cccc2cc(O)cc(-c3c(F)c4c5c(nc(OC[C@@]67CCCN6C[C@H](F)C7)nc5c3F)N3CC5CCC(N5)C3CO4)c12. The summed E-state index contributed by atoms with van der Waals surface area (Å²) >= 11 is 0. The first-order chi connectivity index (χ1) is 22.3. The second-order valence-corrected chi connectivity index (χ2v) is 13.4. The summed E-state index contributed by atoms with van der Waals surface area (Å²) in [5, 5.41) is 15.4. The van der Waals surface area contributed by atoms with Crippen LogP contribution in [0.3, 0.4) is 0 Å². The molecule has 3 unspecified atom stereocenters. The van der Waals surface area contributed by atoms with E-state index in [-0.39, 0.29) is 65.3 Å². The molecule has 6 heterocycles. The Bertz CT molecular complexity index is 1980. The third-order valence-electron chi connectivity index (χ3n) is 10.8. The lowest BCUT2D eigenvalue weighted by atomic mass is 9.92. The second kappa shape index (κ2) is 10.1. The van der Waals surface area contributed by atoms with Gasteiger partial charge in [-0.15, -0.1) is 6.42 Å². The number of anilines is 1. The number of aromatic hydroxyl groups is 1. The molecule has 5 aliphatic heterocycles. The number of alkyl halides is 1. The number of terminal acetylenes is 1. The van der Waals surface area contributed by atoms with Crippen LogP contribution in [0.4, 0.5) is 19.0 Å². The molecular formula is C35H32F3N5O3. The molecule has 5 aliphatic rings. The van der Waals surface area contributed by atoms with Gasteiger partial charge in [0.05, 0.1) is 22.5 Å². The van der Waals surface area contributed by atoms with Crippen molar-refractivity contribution in [3.63, 3.8) is 0 Å². The van der Waals surface area contributed by atoms with Gasteiger partial charge in [0, 0.05) is 48.1 Å². The minimum Gasteiger partial charge on any atom is -0.508 e. The van der Waals surface area contributed by atoms with Gasteiger partial charge in [0.2, 0.25) is 0 Å². The van der Waals surface area contributed by atoms with Crippen LogP contribution in [0.2, 0.25) is 0 Å². The molecule has 0 spiro atoms. The van der Waals surface area contributed by atoms with Crippen LogP contribution in [0.15, 0.2) is 30.3 Å². The summed E-state index contributed by atoms with van der Waals surface area (Å²) in [5.41, 5.74) is -0.505. The molecule has 0 amide bonds. The summed E-state index contributed by atoms with van der Waals surface area (Å²) in [6.07, 6.45) is 8.89. The molecule has 1 aromatic heterocycles. The third kappa shape index (κ3) is 4.02. The molecule has 236 valence electrons. The average Bonchev–Trinajstić information content (AvgIpc) is 3.67. The van der Waals surface area contributed by atoms with Crippen LogP contribution in [0.1, 0.15) is 37.7 Å². The Labute approximate surface area is 263 Å². The Morgan fingerprint density at radius 1 is 1.15 bits per heavy atom. The second-order valence-electron chi connectivity index (χ2n) is 13.4. The molecule has 4 fully saturated rings. The standard InChI is InChI=1S/C35H32F3N5O3/c1-2-18-5-3-6-19-11-22(44)12-23(26(18)19)27-29(37)31-28-32(30(27)38)45-16-25-24-8-7-21(39-24)15-43(25)33(28)41-34(40-31)46-17-35-9-4-10-42(35)14-20(36)13-35/h1,3,5-6,11-12,20-21,24-25,39,44H,4,7-10,13-17H2/t20-,21?,24?,25?,35+/m1/s1. The Morgan fingerprint density at radius 3 is 2.91 bits per heavy atom. The Morgan fingerprint density at radius 2 is 2.04 bits per heavy atom. The van der Waals surface area contributed by atoms with E-state index < -0.39 is 28.9 Å². The lowest BCUT2D eigenvalue weighted by molar-refractivity contribution is 0.107. The maximum absolute atomic E-state index is 17.1. The summed E-state index contributed by atoms with van der Waals surface area (Å²) in [6, 6.07) is 8.03. The number of halogens is 3. The van der Waals surface area contributed by atoms with Crippen LogP contribution in [-0.4, -0.2) is 82.7 Å². The molecule has 11 heteroatoms. The molecule has 0 saturated carbocycles. The van der Waals surface area contributed by atoms with Crippen LogP contribution in [-0.2, 0) is 0 Å². The van der Waals surface area contributed by atoms with Gasteiger partial charge in [-0.25, -0.2) is 13.2 Å². The fourth-order valence-electron chi connectivity index (χ4n) is 8.76. The molecule has 3 aromatic carbocycles. The van der Waals surface area contributed by atoms with Gasteiger partial charge in [0.1, 0.15) is 36.5 Å². The number of nitrogens with zero attached hydrogens (tertiary/aromatic N) is 4. The minimum atomic E-state index is -0.936. The molecule has 0 radical (unpaired) electrons. The summed E-state index contributed by atoms with van der Waals surface area (Å²) in [7, 11) is 0. The number of hydrogen-bond acceptors (Lipinski definition) is 8. The maximum Gasteiger partial charge on any atom is 0.319 e. The third-order valence-corrected chi connectivity index (χ3v) is 10.8. The van der Waals surface area contributed by atoms with Crippen LogP contribution >= 0.6 is 0 Å². The highest BCUT2D eigenvalue weighted by molar-refractivity contribution is 6.06. The summed E-state index contributed by atoms with van der Waals surface area (Å²) in [6.45, 7) is 2.07. The first-order valence-electron chi connectivity index (χ1n) is 16.0. The zero-order valence-corrected chi connectivity index (χ0v) is 25.0. The number of fused-ring (bicyclic) bond motifs is 7. The molecule has 4 aromatic rings. The van der Waals surface area contributed by atoms with E-state index in [9.17, 15) is 9.50 Å². The van der Waals surface area contributed by atoms with Gasteiger partial charge < -0.3 is 24.8 Å². The lowest BCUT2D eigenvalue weighted by Crippen LogP contribution is -2.60. The van der Waals surface area contributed by atoms with E-state index in [0.717, 1.165) is 32.2 Å². The topological polar surface area (TPSA) is 83.0 Å². The molecular weight excluding hydrogens is 595 g/mol. The van der Waals surface area contributed by atoms with Gasteiger partial charge in [0.25, 0.3) is 0 Å². The van der Waals surface area contributed by atoms with Gasteiger partial charge >= 0.3 is 6.01 Å². The largest absolute Gasteiger partial charge is 0.508 e. The first-order valence-corrected chi connectivity index (χ1v) is 16.0. The predicted molar refractivity (Wildman–Crippen MR) is 167 cm³/mol. The minimum absolute atomic E-state index is 0.0509. The van der Waals surface area contributed by atoms with Crippen molar-refractivity contribution in [1.29, 1.82) is 0 Å². The van der Waals surface area contributed by atoms with Crippen molar-refractivity contribution in [3.05, 3.63) is 47.5 Å². The number of piperazine rings is 1. The highest BCUT2D eigenvalue weighted by Gasteiger charge is 2.50. The van der Waals surface area contributed by atoms with Crippen LogP contribution in [0, 0.1) is 24.0 Å². The summed E-state index contributed by atoms with van der Waals surface area (Å²) in [4.78, 5) is 13.6. The highest BCUT2D eigenvalue weighted by atomic mass is 19.1. The lowest BCUT2D eigenvalue weighted by Gasteiger charge is -2.40. The normalized spacial score (nSPS) is 28.2. The van der Waals surface area contributed by atoms with Crippen molar-refractivity contribution in [2.45, 2.75) is 61.9 Å². The fraction of sp³-hybridized carbons (Fsp3) is 0.429. The Balaban J connectivity index is 1.27. The molecule has 5 atom stereocenters. The molecule has 2 bridgehead atoms. The van der Waals surface area contributed by atoms with Crippen LogP contribution in [0.25, 0.3) is 32.8 Å². The van der Waals surface area contributed by atoms with E-state index >= 15 is 8.78 Å². The quantitative estimate of drug-likeness (QED) is 0.304. The Hall–Kier alpha value is -4.27. The number of ether oxygens (including phenoxy) is 2. The van der Waals surface area contributed by atoms with Crippen LogP contribution < -0.4 is 19.7 Å². The van der Waals surface area contributed by atoms with Crippen molar-refractivity contribution in [1.82, 2.24) is 20.2 Å². The van der Waals surface area contributed by atoms with Crippen molar-refractivity contribution in [2.75, 3.05) is 37.7 Å². The fourth-order valence-corrected chi connectivity index (χ4v) is 8.76. The van der Waals surface area contributed by atoms with Gasteiger partial charge in [0.15, 0.2) is 17.4 Å². The van der Waals surface area contributed by atoms with Crippen molar-refractivity contribution in [3.8, 4) is 41.0 Å². The number of phenols is 1. The van der Waals surface area contributed by atoms with E-state index in [1.54, 1.807) is 18.2 Å². The van der Waals surface area contributed by atoms with E-state index in [4.69, 9.17) is 20.9 Å². The van der Waals surface area contributed by atoms with E-state index in [0.29, 0.717) is 41.7 Å². The van der Waals surface area contributed by atoms with Gasteiger partial charge in [-0.3, -0.25) is 4.90 Å². The number of rotatable bonds is 4. The van der Waals surface area contributed by atoms with Crippen molar-refractivity contribution < 1.29 is 27.8 Å². The van der Waals surface area contributed by atoms with Crippen LogP contribution in [0.5, 0.6) is 17.5 Å². The number of phenolic OH excluding ortho intramolecular Hbond substituents is 1. The zero-order chi connectivity index (χ0) is 31.3. The molecule has 2 N–H and O–H groups in total. The van der Waals surface area contributed by atoms with E-state index in [1.807, 2.05) is 0 Å². The number of aromatic nitrogens is 2. The number of hydrogen-bond donors (Lipinski definition) is 2. The molecule has 0 aliphatic carbocycles. The molecule has 4 saturated heterocycles. The zero-order valence-electron chi connectivity index (χ0n) is 25.0. The monoisotopic (exact) mass is 627 g/mol. The van der Waals surface area contributed by atoms with Gasteiger partial charge in [-0.1, -0.05) is 18.1 Å². The predicted octanol–water partition coefficient (Wildman–Crippen LogP) is 5.07. The number of benzene rings is 3. The molecule has 46 heavy (non-hydrogen) atoms. The molecule has 8 nitrogen and oxygen atoms in total. The first kappa shape index (κ1) is 28.0. The van der Waals surface area contributed by atoms with Crippen molar-refractivity contribution >= 4 is 27.5 Å². The van der Waals surface area contributed by atoms with Crippen molar-refractivity contribution in [2.24, 2.45) is 0 Å². The summed E-state index contributed by atoms with van der Waals surface area (Å²) in [5.74, 6) is 0.801. The average molecular weight is 628 g/mol. The smallest absolute Gasteiger partial charge is 0.319 e. The number of nitrogens with one attached hydrogen (secondary N) is 1. The van der Waals surface area contributed by atoms with E-state index in [2.05, 4.69) is 26.0 Å². The highest BCUT2D eigenvalue weighted by Crippen LogP contribution is 2.48. The van der Waals surface area contributed by atoms with Gasteiger partial charge in [-0.2, -0.15) is 9.97 Å². The summed E-state index contributed by atoms with van der Waals surface area (Å²) < 4.78 is 61.0. The Kier molecular flexibility index (Phi) is 6.15. The maximum atomic E-state index is 17.1. The molecule has 9 rings (SSSR count).